The molecule has 0 unspecified atom stereocenters. The minimum absolute atomic E-state index is 0.178. The summed E-state index contributed by atoms with van der Waals surface area (Å²) >= 11 is 1.38. The Kier molecular flexibility index (Phi) is 6.11. The molecule has 0 bridgehead atoms. The Labute approximate surface area is 150 Å². The second-order valence-electron chi connectivity index (χ2n) is 5.91. The van der Waals surface area contributed by atoms with E-state index in [-0.39, 0.29) is 18.3 Å². The van der Waals surface area contributed by atoms with E-state index in [1.54, 1.807) is 12.3 Å². The number of carbonyl (C=O) groups excluding carboxylic acids is 2. The molecule has 132 valence electrons. The van der Waals surface area contributed by atoms with Gasteiger partial charge in [0.25, 0.3) is 5.91 Å². The third-order valence-corrected chi connectivity index (χ3v) is 5.06. The molecule has 0 aliphatic heterocycles. The number of esters is 1. The normalized spacial score (nSPS) is 14.4. The number of rotatable bonds is 7. The number of amides is 1. The average molecular weight is 359 g/mol. The quantitative estimate of drug-likeness (QED) is 0.607. The van der Waals surface area contributed by atoms with Crippen LogP contribution in [-0.2, 0) is 14.3 Å². The largest absolute Gasteiger partial charge is 0.455 e. The molecule has 0 radical (unpaired) electrons. The van der Waals surface area contributed by atoms with Gasteiger partial charge in [0.15, 0.2) is 6.61 Å². The molecule has 1 fully saturated rings. The van der Waals surface area contributed by atoms with Crippen molar-refractivity contribution < 1.29 is 14.3 Å². The molecule has 1 aromatic carbocycles. The Morgan fingerprint density at radius 2 is 1.96 bits per heavy atom. The van der Waals surface area contributed by atoms with Gasteiger partial charge in [-0.2, -0.15) is 5.10 Å². The van der Waals surface area contributed by atoms with Gasteiger partial charge in [-0.25, -0.2) is 4.68 Å². The van der Waals surface area contributed by atoms with Crippen molar-refractivity contribution in [2.45, 2.75) is 36.6 Å². The van der Waals surface area contributed by atoms with E-state index in [9.17, 15) is 9.59 Å². The van der Waals surface area contributed by atoms with Crippen molar-refractivity contribution in [3.63, 3.8) is 0 Å². The second kappa shape index (κ2) is 8.71. The lowest BCUT2D eigenvalue weighted by atomic mass is 10.2. The maximum absolute atomic E-state index is 12.0. The first-order chi connectivity index (χ1) is 12.2. The number of benzene rings is 1. The predicted molar refractivity (Wildman–Crippen MR) is 96.5 cm³/mol. The van der Waals surface area contributed by atoms with Gasteiger partial charge in [0, 0.05) is 11.0 Å². The lowest BCUT2D eigenvalue weighted by molar-refractivity contribution is -0.144. The maximum atomic E-state index is 12.0. The number of anilines is 1. The summed E-state index contributed by atoms with van der Waals surface area (Å²) in [6, 6.07) is 11.7. The van der Waals surface area contributed by atoms with Gasteiger partial charge in [-0.3, -0.25) is 9.59 Å². The first-order valence-corrected chi connectivity index (χ1v) is 9.38. The number of aromatic nitrogens is 2. The molecule has 1 saturated carbocycles. The minimum Gasteiger partial charge on any atom is -0.455 e. The first kappa shape index (κ1) is 17.5. The number of ether oxygens (including phenoxy) is 1. The van der Waals surface area contributed by atoms with E-state index in [1.807, 2.05) is 35.0 Å². The molecule has 1 heterocycles. The Bertz CT molecular complexity index is 711. The SMILES string of the molecule is O=C(COC(=O)CSc1ccccc1)Nc1ccnn1C1CCCC1. The van der Waals surface area contributed by atoms with Crippen LogP contribution in [0.1, 0.15) is 31.7 Å². The number of thioether (sulfide) groups is 1. The average Bonchev–Trinajstić information content (AvgIpc) is 3.30. The summed E-state index contributed by atoms with van der Waals surface area (Å²) in [6.45, 7) is -0.288. The van der Waals surface area contributed by atoms with Crippen molar-refractivity contribution in [3.05, 3.63) is 42.6 Å². The van der Waals surface area contributed by atoms with E-state index in [4.69, 9.17) is 4.74 Å². The van der Waals surface area contributed by atoms with Crippen LogP contribution in [0.2, 0.25) is 0 Å². The van der Waals surface area contributed by atoms with Gasteiger partial charge in [-0.15, -0.1) is 11.8 Å². The third kappa shape index (κ3) is 5.09. The molecule has 7 heteroatoms. The fourth-order valence-electron chi connectivity index (χ4n) is 2.88. The smallest absolute Gasteiger partial charge is 0.316 e. The summed E-state index contributed by atoms with van der Waals surface area (Å²) in [7, 11) is 0. The summed E-state index contributed by atoms with van der Waals surface area (Å²) < 4.78 is 6.90. The zero-order chi connectivity index (χ0) is 17.5. The highest BCUT2D eigenvalue weighted by Gasteiger charge is 2.20. The monoisotopic (exact) mass is 359 g/mol. The molecule has 1 aliphatic rings. The van der Waals surface area contributed by atoms with Crippen LogP contribution < -0.4 is 5.32 Å². The predicted octanol–water partition coefficient (Wildman–Crippen LogP) is 3.27. The molecule has 6 nitrogen and oxygen atoms in total. The van der Waals surface area contributed by atoms with Crippen molar-refractivity contribution in [2.24, 2.45) is 0 Å². The van der Waals surface area contributed by atoms with Crippen LogP contribution in [0.25, 0.3) is 0 Å². The van der Waals surface area contributed by atoms with E-state index >= 15 is 0 Å². The van der Waals surface area contributed by atoms with Gasteiger partial charge in [0.2, 0.25) is 0 Å². The van der Waals surface area contributed by atoms with Crippen LogP contribution in [0, 0.1) is 0 Å². The van der Waals surface area contributed by atoms with Crippen molar-refractivity contribution >= 4 is 29.5 Å². The summed E-state index contributed by atoms with van der Waals surface area (Å²) in [6.07, 6.45) is 6.21. The van der Waals surface area contributed by atoms with E-state index in [0.717, 1.165) is 17.7 Å². The molecule has 0 saturated heterocycles. The molecule has 1 aromatic heterocycles. The fourth-order valence-corrected chi connectivity index (χ4v) is 3.60. The third-order valence-electron chi connectivity index (χ3n) is 4.07. The second-order valence-corrected chi connectivity index (χ2v) is 6.96. The highest BCUT2D eigenvalue weighted by molar-refractivity contribution is 8.00. The molecule has 0 spiro atoms. The zero-order valence-electron chi connectivity index (χ0n) is 13.9. The highest BCUT2D eigenvalue weighted by atomic mass is 32.2. The van der Waals surface area contributed by atoms with E-state index < -0.39 is 5.97 Å². The summed E-state index contributed by atoms with van der Waals surface area (Å²) in [5, 5.41) is 7.07. The van der Waals surface area contributed by atoms with Crippen molar-refractivity contribution in [3.8, 4) is 0 Å². The van der Waals surface area contributed by atoms with Crippen molar-refractivity contribution in [2.75, 3.05) is 17.7 Å². The summed E-state index contributed by atoms with van der Waals surface area (Å²) in [5.74, 6) is 0.0785. The zero-order valence-corrected chi connectivity index (χ0v) is 14.7. The molecular formula is C18H21N3O3S. The molecular weight excluding hydrogens is 338 g/mol. The van der Waals surface area contributed by atoms with Gasteiger partial charge in [-0.05, 0) is 25.0 Å². The molecule has 3 rings (SSSR count). The maximum Gasteiger partial charge on any atom is 0.316 e. The van der Waals surface area contributed by atoms with Gasteiger partial charge in [-0.1, -0.05) is 31.0 Å². The van der Waals surface area contributed by atoms with Crippen LogP contribution in [0.15, 0.2) is 47.5 Å². The van der Waals surface area contributed by atoms with Gasteiger partial charge >= 0.3 is 5.97 Å². The van der Waals surface area contributed by atoms with Crippen molar-refractivity contribution in [1.82, 2.24) is 9.78 Å². The Balaban J connectivity index is 1.42. The van der Waals surface area contributed by atoms with Crippen LogP contribution in [0.3, 0.4) is 0 Å². The number of hydrogen-bond acceptors (Lipinski definition) is 5. The highest BCUT2D eigenvalue weighted by Crippen LogP contribution is 2.31. The molecule has 1 amide bonds. The van der Waals surface area contributed by atoms with Crippen LogP contribution in [0.5, 0.6) is 0 Å². The van der Waals surface area contributed by atoms with E-state index in [0.29, 0.717) is 11.9 Å². The number of nitrogens with one attached hydrogen (secondary N) is 1. The summed E-state index contributed by atoms with van der Waals surface area (Å²) in [5.41, 5.74) is 0. The Morgan fingerprint density at radius 1 is 1.20 bits per heavy atom. The molecule has 25 heavy (non-hydrogen) atoms. The van der Waals surface area contributed by atoms with E-state index in [2.05, 4.69) is 10.4 Å². The van der Waals surface area contributed by atoms with Crippen LogP contribution >= 0.6 is 11.8 Å². The molecule has 0 atom stereocenters. The van der Waals surface area contributed by atoms with E-state index in [1.165, 1.54) is 24.6 Å². The van der Waals surface area contributed by atoms with Crippen LogP contribution in [-0.4, -0.2) is 34.0 Å². The number of nitrogens with zero attached hydrogens (tertiary/aromatic N) is 2. The number of hydrogen-bond donors (Lipinski definition) is 1. The Hall–Kier alpha value is -2.28. The van der Waals surface area contributed by atoms with Crippen LogP contribution in [0.4, 0.5) is 5.82 Å². The molecule has 2 aromatic rings. The van der Waals surface area contributed by atoms with Gasteiger partial charge in [0.05, 0.1) is 18.0 Å². The van der Waals surface area contributed by atoms with Gasteiger partial charge in [0.1, 0.15) is 5.82 Å². The Morgan fingerprint density at radius 3 is 2.72 bits per heavy atom. The molecule has 1 aliphatic carbocycles. The summed E-state index contributed by atoms with van der Waals surface area (Å²) in [4.78, 5) is 24.8. The minimum atomic E-state index is -0.409. The molecule has 1 N–H and O–H groups in total. The lowest BCUT2D eigenvalue weighted by Crippen LogP contribution is -2.23. The van der Waals surface area contributed by atoms with Gasteiger partial charge < -0.3 is 10.1 Å². The fraction of sp³-hybridized carbons (Fsp3) is 0.389. The standard InChI is InChI=1S/C18H21N3O3S/c22-17(12-24-18(23)13-25-15-8-2-1-3-9-15)20-16-10-11-19-21(16)14-6-4-5-7-14/h1-3,8-11,14H,4-7,12-13H2,(H,20,22). The first-order valence-electron chi connectivity index (χ1n) is 8.39. The number of carbonyl (C=O) groups is 2. The van der Waals surface area contributed by atoms with Crippen molar-refractivity contribution in [1.29, 1.82) is 0 Å². The topological polar surface area (TPSA) is 73.2 Å². The lowest BCUT2D eigenvalue weighted by Gasteiger charge is -2.14.